The van der Waals surface area contributed by atoms with E-state index in [9.17, 15) is 8.42 Å². The highest BCUT2D eigenvalue weighted by Gasteiger charge is 2.26. The summed E-state index contributed by atoms with van der Waals surface area (Å²) >= 11 is 1.71. The third-order valence-corrected chi connectivity index (χ3v) is 7.90. The topological polar surface area (TPSA) is 94.1 Å². The molecule has 1 aliphatic rings. The lowest BCUT2D eigenvalue weighted by Crippen LogP contribution is -2.24. The number of nitrogens with one attached hydrogen (secondary N) is 1. The Balaban J connectivity index is 1.26. The van der Waals surface area contributed by atoms with Crippen LogP contribution in [0.15, 0.2) is 46.9 Å². The van der Waals surface area contributed by atoms with Crippen molar-refractivity contribution < 1.29 is 13.2 Å². The van der Waals surface area contributed by atoms with Gasteiger partial charge < -0.3 is 10.1 Å². The molecule has 0 radical (unpaired) electrons. The number of nitrogens with zero attached hydrogens (tertiary/aromatic N) is 3. The molecule has 2 heterocycles. The van der Waals surface area contributed by atoms with E-state index in [1.807, 2.05) is 12.4 Å². The zero-order valence-electron chi connectivity index (χ0n) is 18.3. The average molecular weight is 473 g/mol. The molecule has 1 fully saturated rings. The molecule has 1 aromatic carbocycles. The predicted octanol–water partition coefficient (Wildman–Crippen LogP) is 4.62. The minimum atomic E-state index is -3.17. The van der Waals surface area contributed by atoms with Crippen LogP contribution in [0.3, 0.4) is 0 Å². The molecule has 0 unspecified atom stereocenters. The molecule has 1 aliphatic carbocycles. The van der Waals surface area contributed by atoms with Crippen LogP contribution in [0.2, 0.25) is 0 Å². The summed E-state index contributed by atoms with van der Waals surface area (Å²) in [6, 6.07) is 7.27. The van der Waals surface area contributed by atoms with Gasteiger partial charge in [-0.05, 0) is 61.9 Å². The maximum atomic E-state index is 11.6. The van der Waals surface area contributed by atoms with Crippen molar-refractivity contribution in [3.63, 3.8) is 0 Å². The second-order valence-electron chi connectivity index (χ2n) is 8.15. The number of hydrogen-bond acceptors (Lipinski definition) is 8. The van der Waals surface area contributed by atoms with Gasteiger partial charge in [0.15, 0.2) is 9.84 Å². The first-order valence-electron chi connectivity index (χ1n) is 10.9. The highest BCUT2D eigenvalue weighted by Crippen LogP contribution is 2.35. The highest BCUT2D eigenvalue weighted by atomic mass is 32.2. The summed E-state index contributed by atoms with van der Waals surface area (Å²) in [4.78, 5) is 13.8. The van der Waals surface area contributed by atoms with E-state index >= 15 is 0 Å². The Kier molecular flexibility index (Phi) is 7.05. The number of thiazole rings is 1. The van der Waals surface area contributed by atoms with Crippen molar-refractivity contribution >= 4 is 26.9 Å². The van der Waals surface area contributed by atoms with E-state index in [1.165, 1.54) is 11.3 Å². The van der Waals surface area contributed by atoms with Crippen molar-refractivity contribution in [3.05, 3.63) is 58.3 Å². The van der Waals surface area contributed by atoms with Gasteiger partial charge in [0.05, 0.1) is 22.1 Å². The molecule has 9 heteroatoms. The molecule has 0 aliphatic heterocycles. The van der Waals surface area contributed by atoms with E-state index < -0.39 is 9.84 Å². The molecule has 3 aromatic rings. The molecule has 0 saturated heterocycles. The minimum absolute atomic E-state index is 0.162. The van der Waals surface area contributed by atoms with Gasteiger partial charge in [0.25, 0.3) is 0 Å². The van der Waals surface area contributed by atoms with Crippen molar-refractivity contribution in [2.75, 3.05) is 11.6 Å². The maximum Gasteiger partial charge on any atom is 0.316 e. The number of anilines is 1. The molecule has 32 heavy (non-hydrogen) atoms. The Morgan fingerprint density at radius 2 is 1.78 bits per heavy atom. The molecule has 1 N–H and O–H groups in total. The van der Waals surface area contributed by atoms with Gasteiger partial charge in [0, 0.05) is 35.6 Å². The number of aromatic nitrogens is 3. The van der Waals surface area contributed by atoms with Gasteiger partial charge in [-0.3, -0.25) is 0 Å². The number of sulfone groups is 1. The molecule has 0 bridgehead atoms. The number of ether oxygens (including phenoxy) is 1. The molecule has 0 spiro atoms. The lowest BCUT2D eigenvalue weighted by atomic mass is 9.88. The van der Waals surface area contributed by atoms with Crippen LogP contribution in [0, 0.1) is 0 Å². The predicted molar refractivity (Wildman–Crippen MR) is 126 cm³/mol. The number of benzene rings is 1. The Morgan fingerprint density at radius 3 is 2.41 bits per heavy atom. The van der Waals surface area contributed by atoms with Crippen LogP contribution in [0.1, 0.15) is 54.8 Å². The van der Waals surface area contributed by atoms with Gasteiger partial charge in [-0.2, -0.15) is 0 Å². The van der Waals surface area contributed by atoms with Crippen molar-refractivity contribution in [2.24, 2.45) is 0 Å². The van der Waals surface area contributed by atoms with Gasteiger partial charge in [-0.1, -0.05) is 6.92 Å². The van der Waals surface area contributed by atoms with Crippen LogP contribution in [-0.2, 0) is 22.8 Å². The van der Waals surface area contributed by atoms with E-state index in [4.69, 9.17) is 9.72 Å². The summed E-state index contributed by atoms with van der Waals surface area (Å²) in [5, 5.41) is 6.59. The lowest BCUT2D eigenvalue weighted by molar-refractivity contribution is 0.134. The summed E-state index contributed by atoms with van der Waals surface area (Å²) in [6.45, 7) is 2.69. The molecule has 7 nitrogen and oxygen atoms in total. The SMILES string of the molecule is CCc1cnc(OC2CCC(c3nc(CNc4ccc(S(C)(=O)=O)cc4)cs3)CC2)nc1. The van der Waals surface area contributed by atoms with Gasteiger partial charge in [0.2, 0.25) is 0 Å². The van der Waals surface area contributed by atoms with Crippen LogP contribution >= 0.6 is 11.3 Å². The molecule has 2 aromatic heterocycles. The second kappa shape index (κ2) is 9.95. The highest BCUT2D eigenvalue weighted by molar-refractivity contribution is 7.90. The molecule has 0 atom stereocenters. The van der Waals surface area contributed by atoms with E-state index in [2.05, 4.69) is 27.6 Å². The maximum absolute atomic E-state index is 11.6. The van der Waals surface area contributed by atoms with Gasteiger partial charge in [-0.15, -0.1) is 11.3 Å². The molecule has 1 saturated carbocycles. The fraction of sp³-hybridized carbons (Fsp3) is 0.435. The van der Waals surface area contributed by atoms with Crippen LogP contribution in [-0.4, -0.2) is 35.7 Å². The Bertz CT molecular complexity index is 1120. The van der Waals surface area contributed by atoms with E-state index in [1.54, 1.807) is 35.6 Å². The molecule has 170 valence electrons. The third kappa shape index (κ3) is 5.83. The first-order chi connectivity index (χ1) is 15.4. The molecule has 4 rings (SSSR count). The Hall–Kier alpha value is -2.52. The third-order valence-electron chi connectivity index (χ3n) is 5.71. The summed E-state index contributed by atoms with van der Waals surface area (Å²) in [6.07, 6.45) is 10.0. The monoisotopic (exact) mass is 472 g/mol. The molecular formula is C23H28N4O3S2. The van der Waals surface area contributed by atoms with Crippen molar-refractivity contribution in [2.45, 2.75) is 62.5 Å². The fourth-order valence-electron chi connectivity index (χ4n) is 3.77. The Labute approximate surface area is 193 Å². The summed E-state index contributed by atoms with van der Waals surface area (Å²) in [5.41, 5.74) is 2.99. The summed E-state index contributed by atoms with van der Waals surface area (Å²) < 4.78 is 29.1. The average Bonchev–Trinajstić information content (AvgIpc) is 3.27. The summed E-state index contributed by atoms with van der Waals surface area (Å²) in [5.74, 6) is 0.464. The number of aryl methyl sites for hydroxylation is 1. The fourth-order valence-corrected chi connectivity index (χ4v) is 5.39. The normalized spacial score (nSPS) is 18.9. The second-order valence-corrected chi connectivity index (χ2v) is 11.1. The van der Waals surface area contributed by atoms with Crippen LogP contribution in [0.5, 0.6) is 6.01 Å². The van der Waals surface area contributed by atoms with Crippen LogP contribution < -0.4 is 10.1 Å². The first kappa shape index (κ1) is 22.7. The smallest absolute Gasteiger partial charge is 0.316 e. The van der Waals surface area contributed by atoms with Gasteiger partial charge in [0.1, 0.15) is 6.10 Å². The Morgan fingerprint density at radius 1 is 1.09 bits per heavy atom. The largest absolute Gasteiger partial charge is 0.460 e. The summed E-state index contributed by atoms with van der Waals surface area (Å²) in [7, 11) is -3.17. The van der Waals surface area contributed by atoms with E-state index in [-0.39, 0.29) is 6.10 Å². The van der Waals surface area contributed by atoms with Crippen molar-refractivity contribution in [1.29, 1.82) is 0 Å². The van der Waals surface area contributed by atoms with E-state index in [0.29, 0.717) is 23.4 Å². The molecule has 0 amide bonds. The van der Waals surface area contributed by atoms with Gasteiger partial charge >= 0.3 is 6.01 Å². The first-order valence-corrected chi connectivity index (χ1v) is 13.6. The molecular weight excluding hydrogens is 444 g/mol. The minimum Gasteiger partial charge on any atom is -0.460 e. The van der Waals surface area contributed by atoms with Crippen molar-refractivity contribution in [3.8, 4) is 6.01 Å². The number of rotatable bonds is 8. The quantitative estimate of drug-likeness (QED) is 0.511. The van der Waals surface area contributed by atoms with Crippen LogP contribution in [0.4, 0.5) is 5.69 Å². The zero-order chi connectivity index (χ0) is 22.6. The number of hydrogen-bond donors (Lipinski definition) is 1. The lowest BCUT2D eigenvalue weighted by Gasteiger charge is -2.27. The standard InChI is InChI=1S/C23H28N4O3S2/c1-3-16-12-25-23(26-13-16)30-20-8-4-17(5-9-20)22-27-19(15-31-22)14-24-18-6-10-21(11-7-18)32(2,28)29/h6-7,10-13,15,17,20,24H,3-5,8-9,14H2,1-2H3. The zero-order valence-corrected chi connectivity index (χ0v) is 20.0. The van der Waals surface area contributed by atoms with Crippen molar-refractivity contribution in [1.82, 2.24) is 15.0 Å². The van der Waals surface area contributed by atoms with Crippen LogP contribution in [0.25, 0.3) is 0 Å². The van der Waals surface area contributed by atoms with Gasteiger partial charge in [-0.25, -0.2) is 23.4 Å². The van der Waals surface area contributed by atoms with E-state index in [0.717, 1.165) is 49.0 Å².